The third-order valence-electron chi connectivity index (χ3n) is 3.39. The number of aryl methyl sites for hydroxylation is 2. The molecule has 2 heterocycles. The van der Waals surface area contributed by atoms with Crippen molar-refractivity contribution >= 4 is 0 Å². The second-order valence-electron chi connectivity index (χ2n) is 4.85. The molecular weight excluding hydrogens is 238 g/mol. The molecule has 0 radical (unpaired) electrons. The minimum absolute atomic E-state index is 0.157. The highest BCUT2D eigenvalue weighted by molar-refractivity contribution is 5.17. The van der Waals surface area contributed by atoms with Crippen molar-refractivity contribution in [3.05, 3.63) is 47.8 Å². The summed E-state index contributed by atoms with van der Waals surface area (Å²) in [6, 6.07) is 4.27. The number of likely N-dealkylation sites (N-methyl/N-ethyl adjacent to an activating group) is 1. The van der Waals surface area contributed by atoms with E-state index in [1.165, 1.54) is 0 Å². The molecule has 0 aliphatic rings. The minimum atomic E-state index is 0.157. The first-order chi connectivity index (χ1) is 9.11. The highest BCUT2D eigenvalue weighted by atomic mass is 15.2. The Kier molecular flexibility index (Phi) is 4.29. The van der Waals surface area contributed by atoms with Crippen LogP contribution in [0.15, 0.2) is 30.7 Å². The maximum atomic E-state index is 5.91. The van der Waals surface area contributed by atoms with Crippen LogP contribution in [0.3, 0.4) is 0 Å². The highest BCUT2D eigenvalue weighted by Gasteiger charge is 2.17. The Balaban J connectivity index is 2.13. The van der Waals surface area contributed by atoms with Gasteiger partial charge in [-0.3, -0.25) is 9.88 Å². The molecule has 0 aliphatic heterocycles. The smallest absolute Gasteiger partial charge is 0.122 e. The lowest BCUT2D eigenvalue weighted by molar-refractivity contribution is 0.233. The molecule has 5 nitrogen and oxygen atoms in total. The SMILES string of the molecule is Cc1ccc(C(CN)N(C)Cc2nccn2C)cn1. The van der Waals surface area contributed by atoms with E-state index in [4.69, 9.17) is 5.73 Å². The summed E-state index contributed by atoms with van der Waals surface area (Å²) >= 11 is 0. The van der Waals surface area contributed by atoms with Crippen LogP contribution in [0.25, 0.3) is 0 Å². The first kappa shape index (κ1) is 13.7. The van der Waals surface area contributed by atoms with E-state index in [1.807, 2.05) is 43.2 Å². The number of aromatic nitrogens is 3. The lowest BCUT2D eigenvalue weighted by Gasteiger charge is -2.26. The molecule has 0 amide bonds. The van der Waals surface area contributed by atoms with Crippen LogP contribution >= 0.6 is 0 Å². The normalized spacial score (nSPS) is 12.9. The first-order valence-corrected chi connectivity index (χ1v) is 6.41. The molecule has 1 unspecified atom stereocenters. The van der Waals surface area contributed by atoms with E-state index in [0.717, 1.165) is 23.6 Å². The third-order valence-corrected chi connectivity index (χ3v) is 3.39. The fourth-order valence-electron chi connectivity index (χ4n) is 2.13. The Labute approximate surface area is 114 Å². The van der Waals surface area contributed by atoms with Gasteiger partial charge in [-0.1, -0.05) is 6.07 Å². The number of nitrogens with two attached hydrogens (primary N) is 1. The molecule has 0 aliphatic carbocycles. The molecule has 2 N–H and O–H groups in total. The Morgan fingerprint density at radius 3 is 2.68 bits per heavy atom. The standard InChI is InChI=1S/C14H21N5/c1-11-4-5-12(9-17-11)13(8-15)19(3)10-14-16-6-7-18(14)2/h4-7,9,13H,8,10,15H2,1-3H3. The van der Waals surface area contributed by atoms with Crippen molar-refractivity contribution < 1.29 is 0 Å². The summed E-state index contributed by atoms with van der Waals surface area (Å²) in [6.07, 6.45) is 5.67. The first-order valence-electron chi connectivity index (χ1n) is 6.41. The maximum Gasteiger partial charge on any atom is 0.122 e. The van der Waals surface area contributed by atoms with Crippen LogP contribution < -0.4 is 5.73 Å². The third kappa shape index (κ3) is 3.19. The number of pyridine rings is 1. The van der Waals surface area contributed by atoms with Crippen molar-refractivity contribution in [1.29, 1.82) is 0 Å². The molecule has 2 aromatic rings. The minimum Gasteiger partial charge on any atom is -0.337 e. The Morgan fingerprint density at radius 1 is 1.37 bits per heavy atom. The topological polar surface area (TPSA) is 60.0 Å². The molecule has 0 bridgehead atoms. The van der Waals surface area contributed by atoms with Crippen LogP contribution in [0.2, 0.25) is 0 Å². The van der Waals surface area contributed by atoms with Gasteiger partial charge in [0.2, 0.25) is 0 Å². The van der Waals surface area contributed by atoms with Gasteiger partial charge in [0.05, 0.1) is 6.54 Å². The van der Waals surface area contributed by atoms with Gasteiger partial charge in [-0.2, -0.15) is 0 Å². The zero-order valence-electron chi connectivity index (χ0n) is 11.7. The summed E-state index contributed by atoms with van der Waals surface area (Å²) in [6.45, 7) is 3.31. The Hall–Kier alpha value is -1.72. The number of hydrogen-bond donors (Lipinski definition) is 1. The average molecular weight is 259 g/mol. The highest BCUT2D eigenvalue weighted by Crippen LogP contribution is 2.19. The van der Waals surface area contributed by atoms with E-state index in [9.17, 15) is 0 Å². The molecule has 0 fully saturated rings. The molecule has 0 spiro atoms. The molecule has 0 aromatic carbocycles. The molecule has 0 saturated carbocycles. The van der Waals surface area contributed by atoms with Crippen molar-refractivity contribution in [2.75, 3.05) is 13.6 Å². The summed E-state index contributed by atoms with van der Waals surface area (Å²) in [5, 5.41) is 0. The van der Waals surface area contributed by atoms with Gasteiger partial charge in [0, 0.05) is 43.9 Å². The van der Waals surface area contributed by atoms with Gasteiger partial charge in [0.15, 0.2) is 0 Å². The van der Waals surface area contributed by atoms with Gasteiger partial charge in [0.25, 0.3) is 0 Å². The maximum absolute atomic E-state index is 5.91. The van der Waals surface area contributed by atoms with Crippen LogP contribution in [0.1, 0.15) is 23.1 Å². The van der Waals surface area contributed by atoms with Crippen molar-refractivity contribution in [2.24, 2.45) is 12.8 Å². The van der Waals surface area contributed by atoms with Gasteiger partial charge in [-0.15, -0.1) is 0 Å². The molecule has 0 saturated heterocycles. The predicted octanol–water partition coefficient (Wildman–Crippen LogP) is 1.26. The molecule has 2 aromatic heterocycles. The predicted molar refractivity (Wildman–Crippen MR) is 75.4 cm³/mol. The lowest BCUT2D eigenvalue weighted by Crippen LogP contribution is -2.31. The zero-order chi connectivity index (χ0) is 13.8. The second-order valence-corrected chi connectivity index (χ2v) is 4.85. The van der Waals surface area contributed by atoms with Gasteiger partial charge < -0.3 is 10.3 Å². The Morgan fingerprint density at radius 2 is 2.16 bits per heavy atom. The van der Waals surface area contributed by atoms with Crippen molar-refractivity contribution in [2.45, 2.75) is 19.5 Å². The number of nitrogens with zero attached hydrogens (tertiary/aromatic N) is 4. The van der Waals surface area contributed by atoms with Gasteiger partial charge in [0.1, 0.15) is 5.82 Å². The van der Waals surface area contributed by atoms with Crippen LogP contribution in [0, 0.1) is 6.92 Å². The number of rotatable bonds is 5. The second kappa shape index (κ2) is 5.95. The summed E-state index contributed by atoms with van der Waals surface area (Å²) < 4.78 is 2.03. The Bertz CT molecular complexity index is 517. The molecule has 1 atom stereocenters. The number of imidazole rings is 1. The summed E-state index contributed by atoms with van der Waals surface area (Å²) in [5.41, 5.74) is 8.08. The van der Waals surface area contributed by atoms with Crippen LogP contribution in [-0.2, 0) is 13.6 Å². The fourth-order valence-corrected chi connectivity index (χ4v) is 2.13. The summed E-state index contributed by atoms with van der Waals surface area (Å²) in [7, 11) is 4.06. The quantitative estimate of drug-likeness (QED) is 0.878. The van der Waals surface area contributed by atoms with Crippen LogP contribution in [0.5, 0.6) is 0 Å². The van der Waals surface area contributed by atoms with Gasteiger partial charge in [-0.25, -0.2) is 4.98 Å². The van der Waals surface area contributed by atoms with E-state index in [0.29, 0.717) is 6.54 Å². The summed E-state index contributed by atoms with van der Waals surface area (Å²) in [4.78, 5) is 10.9. The van der Waals surface area contributed by atoms with Crippen molar-refractivity contribution in [1.82, 2.24) is 19.4 Å². The average Bonchev–Trinajstić information content (AvgIpc) is 2.78. The molecular formula is C14H21N5. The van der Waals surface area contributed by atoms with E-state index >= 15 is 0 Å². The molecule has 5 heteroatoms. The fraction of sp³-hybridized carbons (Fsp3) is 0.429. The van der Waals surface area contributed by atoms with E-state index in [1.54, 1.807) is 0 Å². The molecule has 19 heavy (non-hydrogen) atoms. The van der Waals surface area contributed by atoms with Crippen LogP contribution in [0.4, 0.5) is 0 Å². The largest absolute Gasteiger partial charge is 0.337 e. The van der Waals surface area contributed by atoms with E-state index in [-0.39, 0.29) is 6.04 Å². The van der Waals surface area contributed by atoms with Crippen molar-refractivity contribution in [3.63, 3.8) is 0 Å². The zero-order valence-corrected chi connectivity index (χ0v) is 11.7. The molecule has 102 valence electrons. The van der Waals surface area contributed by atoms with E-state index in [2.05, 4.69) is 28.0 Å². The van der Waals surface area contributed by atoms with Crippen LogP contribution in [-0.4, -0.2) is 33.0 Å². The van der Waals surface area contributed by atoms with Crippen molar-refractivity contribution in [3.8, 4) is 0 Å². The van der Waals surface area contributed by atoms with Gasteiger partial charge >= 0.3 is 0 Å². The number of hydrogen-bond acceptors (Lipinski definition) is 4. The monoisotopic (exact) mass is 259 g/mol. The van der Waals surface area contributed by atoms with E-state index < -0.39 is 0 Å². The molecule has 2 rings (SSSR count). The van der Waals surface area contributed by atoms with Gasteiger partial charge in [-0.05, 0) is 25.6 Å². The lowest BCUT2D eigenvalue weighted by atomic mass is 10.1. The summed E-state index contributed by atoms with van der Waals surface area (Å²) in [5.74, 6) is 1.03.